The highest BCUT2D eigenvalue weighted by Gasteiger charge is 2.36. The highest BCUT2D eigenvalue weighted by atomic mass is 32.2. The van der Waals surface area contributed by atoms with Gasteiger partial charge in [-0.1, -0.05) is 19.3 Å². The first kappa shape index (κ1) is 8.89. The summed E-state index contributed by atoms with van der Waals surface area (Å²) in [7, 11) is 0. The first-order valence-electron chi connectivity index (χ1n) is 5.20. The van der Waals surface area contributed by atoms with Crippen molar-refractivity contribution in [2.45, 2.75) is 55.7 Å². The topological polar surface area (TPSA) is 26.0 Å². The Kier molecular flexibility index (Phi) is 2.66. The average molecular weight is 185 g/mol. The summed E-state index contributed by atoms with van der Waals surface area (Å²) in [5, 5.41) is 0. The largest absolute Gasteiger partial charge is 0.328 e. The van der Waals surface area contributed by atoms with Gasteiger partial charge in [0, 0.05) is 10.8 Å². The molecule has 1 aliphatic heterocycles. The van der Waals surface area contributed by atoms with Crippen molar-refractivity contribution in [3.8, 4) is 0 Å². The van der Waals surface area contributed by atoms with Crippen LogP contribution >= 0.6 is 11.8 Å². The predicted molar refractivity (Wildman–Crippen MR) is 55.5 cm³/mol. The van der Waals surface area contributed by atoms with Crippen molar-refractivity contribution in [1.82, 2.24) is 0 Å². The van der Waals surface area contributed by atoms with Gasteiger partial charge in [0.05, 0.1) is 0 Å². The predicted octanol–water partition coefficient (Wildman–Crippen LogP) is 2.54. The molecule has 12 heavy (non-hydrogen) atoms. The lowest BCUT2D eigenvalue weighted by Gasteiger charge is -2.42. The number of hydrogen-bond acceptors (Lipinski definition) is 2. The molecule has 2 rings (SSSR count). The molecule has 1 spiro atoms. The molecule has 0 aromatic rings. The Morgan fingerprint density at radius 1 is 1.17 bits per heavy atom. The van der Waals surface area contributed by atoms with E-state index in [1.165, 1.54) is 50.7 Å². The van der Waals surface area contributed by atoms with Crippen LogP contribution in [0.2, 0.25) is 0 Å². The Morgan fingerprint density at radius 2 is 1.92 bits per heavy atom. The van der Waals surface area contributed by atoms with E-state index in [9.17, 15) is 0 Å². The standard InChI is InChI=1S/C10H19NS/c11-9-4-7-12-10(8-9)5-2-1-3-6-10/h9H,1-8,11H2. The second-order valence-electron chi connectivity index (χ2n) is 4.35. The van der Waals surface area contributed by atoms with Crippen molar-refractivity contribution >= 4 is 11.8 Å². The van der Waals surface area contributed by atoms with Gasteiger partial charge in [0.25, 0.3) is 0 Å². The van der Waals surface area contributed by atoms with Crippen molar-refractivity contribution in [1.29, 1.82) is 0 Å². The Labute approximate surface area is 79.5 Å². The SMILES string of the molecule is NC1CCSC2(CCCCC2)C1. The lowest BCUT2D eigenvalue weighted by atomic mass is 9.83. The normalized spacial score (nSPS) is 35.2. The van der Waals surface area contributed by atoms with Crippen LogP contribution in [0, 0.1) is 0 Å². The monoisotopic (exact) mass is 185 g/mol. The van der Waals surface area contributed by atoms with Gasteiger partial charge < -0.3 is 5.73 Å². The van der Waals surface area contributed by atoms with E-state index in [2.05, 4.69) is 11.8 Å². The fourth-order valence-corrected chi connectivity index (χ4v) is 4.37. The summed E-state index contributed by atoms with van der Waals surface area (Å²) in [6.45, 7) is 0. The zero-order chi connectivity index (χ0) is 8.44. The van der Waals surface area contributed by atoms with E-state index < -0.39 is 0 Å². The van der Waals surface area contributed by atoms with Crippen LogP contribution < -0.4 is 5.73 Å². The van der Waals surface area contributed by atoms with Crippen LogP contribution in [0.5, 0.6) is 0 Å². The molecule has 0 aromatic heterocycles. The molecule has 1 nitrogen and oxygen atoms in total. The minimum atomic E-state index is 0.504. The van der Waals surface area contributed by atoms with Gasteiger partial charge in [-0.25, -0.2) is 0 Å². The summed E-state index contributed by atoms with van der Waals surface area (Å²) in [6.07, 6.45) is 9.75. The summed E-state index contributed by atoms with van der Waals surface area (Å²) in [4.78, 5) is 0. The van der Waals surface area contributed by atoms with Crippen LogP contribution in [-0.4, -0.2) is 16.5 Å². The minimum Gasteiger partial charge on any atom is -0.328 e. The number of hydrogen-bond donors (Lipinski definition) is 1. The van der Waals surface area contributed by atoms with Gasteiger partial charge >= 0.3 is 0 Å². The molecule has 0 radical (unpaired) electrons. The maximum Gasteiger partial charge on any atom is 0.0174 e. The van der Waals surface area contributed by atoms with Crippen LogP contribution in [0.4, 0.5) is 0 Å². The molecule has 2 heteroatoms. The van der Waals surface area contributed by atoms with Crippen molar-refractivity contribution in [3.63, 3.8) is 0 Å². The van der Waals surface area contributed by atoms with Gasteiger partial charge in [-0.15, -0.1) is 0 Å². The van der Waals surface area contributed by atoms with Gasteiger partial charge in [0.2, 0.25) is 0 Å². The number of thioether (sulfide) groups is 1. The number of nitrogens with two attached hydrogens (primary N) is 1. The summed E-state index contributed by atoms with van der Waals surface area (Å²) in [5.74, 6) is 1.31. The minimum absolute atomic E-state index is 0.504. The third-order valence-electron chi connectivity index (χ3n) is 3.30. The third-order valence-corrected chi connectivity index (χ3v) is 4.92. The zero-order valence-corrected chi connectivity index (χ0v) is 8.54. The van der Waals surface area contributed by atoms with Crippen LogP contribution in [0.3, 0.4) is 0 Å². The Morgan fingerprint density at radius 3 is 2.58 bits per heavy atom. The second kappa shape index (κ2) is 3.59. The quantitative estimate of drug-likeness (QED) is 0.627. The van der Waals surface area contributed by atoms with Crippen LogP contribution in [-0.2, 0) is 0 Å². The van der Waals surface area contributed by atoms with Gasteiger partial charge in [-0.2, -0.15) is 11.8 Å². The smallest absolute Gasteiger partial charge is 0.0174 e. The van der Waals surface area contributed by atoms with Crippen LogP contribution in [0.1, 0.15) is 44.9 Å². The highest BCUT2D eigenvalue weighted by Crippen LogP contribution is 2.46. The van der Waals surface area contributed by atoms with E-state index in [0.29, 0.717) is 10.8 Å². The summed E-state index contributed by atoms with van der Waals surface area (Å²) < 4.78 is 0.621. The molecule has 2 aliphatic rings. The van der Waals surface area contributed by atoms with Crippen LogP contribution in [0.15, 0.2) is 0 Å². The Hall–Kier alpha value is 0.310. The van der Waals surface area contributed by atoms with Crippen molar-refractivity contribution in [2.75, 3.05) is 5.75 Å². The van der Waals surface area contributed by atoms with Crippen molar-refractivity contribution in [3.05, 3.63) is 0 Å². The molecule has 1 unspecified atom stereocenters. The van der Waals surface area contributed by atoms with Crippen molar-refractivity contribution < 1.29 is 0 Å². The van der Waals surface area contributed by atoms with Crippen molar-refractivity contribution in [2.24, 2.45) is 5.73 Å². The summed E-state index contributed by atoms with van der Waals surface area (Å²) >= 11 is 2.21. The molecule has 0 aromatic carbocycles. The molecule has 70 valence electrons. The second-order valence-corrected chi connectivity index (χ2v) is 5.91. The van der Waals surface area contributed by atoms with Gasteiger partial charge in [-0.05, 0) is 31.4 Å². The molecule has 1 atom stereocenters. The van der Waals surface area contributed by atoms with E-state index in [-0.39, 0.29) is 0 Å². The lowest BCUT2D eigenvalue weighted by molar-refractivity contribution is 0.343. The van der Waals surface area contributed by atoms with E-state index in [1.807, 2.05) is 0 Å². The maximum absolute atomic E-state index is 6.03. The van der Waals surface area contributed by atoms with E-state index >= 15 is 0 Å². The molecule has 1 saturated carbocycles. The molecule has 0 bridgehead atoms. The van der Waals surface area contributed by atoms with Gasteiger partial charge in [0.15, 0.2) is 0 Å². The van der Waals surface area contributed by atoms with Crippen LogP contribution in [0.25, 0.3) is 0 Å². The van der Waals surface area contributed by atoms with E-state index in [0.717, 1.165) is 0 Å². The molecular formula is C10H19NS. The summed E-state index contributed by atoms with van der Waals surface area (Å²) in [6, 6.07) is 0.504. The average Bonchev–Trinajstić information content (AvgIpc) is 2.05. The third kappa shape index (κ3) is 1.80. The Bertz CT molecular complexity index is 146. The molecule has 2 fully saturated rings. The number of rotatable bonds is 0. The molecule has 2 N–H and O–H groups in total. The van der Waals surface area contributed by atoms with E-state index in [1.54, 1.807) is 0 Å². The first-order valence-corrected chi connectivity index (χ1v) is 6.19. The molecule has 1 saturated heterocycles. The fourth-order valence-electron chi connectivity index (χ4n) is 2.61. The molecule has 1 aliphatic carbocycles. The zero-order valence-electron chi connectivity index (χ0n) is 7.72. The lowest BCUT2D eigenvalue weighted by Crippen LogP contribution is -2.40. The summed E-state index contributed by atoms with van der Waals surface area (Å²) in [5.41, 5.74) is 6.03. The van der Waals surface area contributed by atoms with Gasteiger partial charge in [-0.3, -0.25) is 0 Å². The molecule has 1 heterocycles. The van der Waals surface area contributed by atoms with E-state index in [4.69, 9.17) is 5.73 Å². The maximum atomic E-state index is 6.03. The fraction of sp³-hybridized carbons (Fsp3) is 1.00. The highest BCUT2D eigenvalue weighted by molar-refractivity contribution is 8.00. The van der Waals surface area contributed by atoms with Gasteiger partial charge in [0.1, 0.15) is 0 Å². The first-order chi connectivity index (χ1) is 5.81. The molecular weight excluding hydrogens is 166 g/mol. The Balaban J connectivity index is 1.97. The molecule has 0 amide bonds.